The summed E-state index contributed by atoms with van der Waals surface area (Å²) in [5.41, 5.74) is -3.80. The van der Waals surface area contributed by atoms with Gasteiger partial charge in [-0.1, -0.05) is 31.3 Å². The van der Waals surface area contributed by atoms with Crippen molar-refractivity contribution in [3.05, 3.63) is 34.4 Å². The third-order valence-corrected chi connectivity index (χ3v) is 11.3. The zero-order valence-corrected chi connectivity index (χ0v) is 21.9. The lowest BCUT2D eigenvalue weighted by atomic mass is 9.45. The molecule has 3 saturated carbocycles. The van der Waals surface area contributed by atoms with Crippen molar-refractivity contribution in [1.29, 1.82) is 0 Å². The topological polar surface area (TPSA) is 127 Å². The van der Waals surface area contributed by atoms with Gasteiger partial charge in [0.2, 0.25) is 5.60 Å². The number of ketones is 1. The number of aliphatic hydroxyl groups is 1. The SMILES string of the molecule is Cc1nnsc1C(=O)O[C@]1(C(=O)O)[C@H](C)CC2C3C[C@H](F)C4=CC(=O)C=C[C@]4(C)[C@@]3(Cl)[C@@H](O)C[C@@]21C. The molecule has 2 N–H and O–H groups in total. The van der Waals surface area contributed by atoms with Crippen molar-refractivity contribution >= 4 is 40.9 Å². The molecule has 0 amide bonds. The van der Waals surface area contributed by atoms with Gasteiger partial charge in [-0.3, -0.25) is 4.79 Å². The van der Waals surface area contributed by atoms with E-state index in [-0.39, 0.29) is 29.1 Å². The highest BCUT2D eigenvalue weighted by Crippen LogP contribution is 2.72. The number of fused-ring (bicyclic) bond motifs is 5. The molecule has 36 heavy (non-hydrogen) atoms. The molecule has 8 nitrogen and oxygen atoms in total. The van der Waals surface area contributed by atoms with E-state index >= 15 is 4.39 Å². The predicted octanol–water partition coefficient (Wildman–Crippen LogP) is 3.66. The fourth-order valence-electron chi connectivity index (χ4n) is 7.85. The van der Waals surface area contributed by atoms with Crippen LogP contribution in [0.5, 0.6) is 0 Å². The Morgan fingerprint density at radius 2 is 1.97 bits per heavy atom. The van der Waals surface area contributed by atoms with Crippen molar-refractivity contribution in [1.82, 2.24) is 9.59 Å². The number of aryl methyl sites for hydroxylation is 1. The van der Waals surface area contributed by atoms with Crippen LogP contribution in [0.3, 0.4) is 0 Å². The van der Waals surface area contributed by atoms with E-state index in [1.54, 1.807) is 33.8 Å². The van der Waals surface area contributed by atoms with Crippen molar-refractivity contribution < 1.29 is 33.7 Å². The van der Waals surface area contributed by atoms with Crippen molar-refractivity contribution in [3.8, 4) is 0 Å². The van der Waals surface area contributed by atoms with E-state index in [1.807, 2.05) is 0 Å². The Hall–Kier alpha value is -2.17. The third-order valence-electron chi connectivity index (χ3n) is 9.58. The van der Waals surface area contributed by atoms with Crippen LogP contribution in [-0.4, -0.2) is 60.3 Å². The van der Waals surface area contributed by atoms with E-state index in [4.69, 9.17) is 16.3 Å². The zero-order chi connectivity index (χ0) is 26.4. The molecule has 5 rings (SSSR count). The van der Waals surface area contributed by atoms with Gasteiger partial charge in [0.1, 0.15) is 6.17 Å². The number of aliphatic hydroxyl groups excluding tert-OH is 1. The number of alkyl halides is 2. The third kappa shape index (κ3) is 2.92. The summed E-state index contributed by atoms with van der Waals surface area (Å²) in [5.74, 6) is -4.25. The first-order valence-corrected chi connectivity index (χ1v) is 13.1. The molecule has 0 radical (unpaired) electrons. The van der Waals surface area contributed by atoms with Crippen LogP contribution in [0.4, 0.5) is 4.39 Å². The number of aliphatic carboxylic acids is 1. The lowest BCUT2D eigenvalue weighted by molar-refractivity contribution is -0.196. The Balaban J connectivity index is 1.62. The quantitative estimate of drug-likeness (QED) is 0.441. The molecule has 2 unspecified atom stereocenters. The standard InChI is InChI=1S/C25H28ClFN2O6S/c1-11-7-14-15-9-17(27)16-8-13(30)5-6-22(16,3)24(15,26)18(31)10-23(14,4)25(11,21(33)34)35-20(32)19-12(2)28-29-36-19/h5-6,8,11,14-15,17-18,31H,7,9-10H2,1-4H3,(H,33,34)/t11-,14?,15?,17+,18+,22+,23+,24+,25+/m1/s1. The molecule has 4 aliphatic carbocycles. The maximum atomic E-state index is 15.7. The maximum Gasteiger partial charge on any atom is 0.353 e. The number of hydrogen-bond donors (Lipinski definition) is 2. The predicted molar refractivity (Wildman–Crippen MR) is 128 cm³/mol. The van der Waals surface area contributed by atoms with Crippen LogP contribution in [0.2, 0.25) is 0 Å². The van der Waals surface area contributed by atoms with Gasteiger partial charge in [0.15, 0.2) is 10.7 Å². The summed E-state index contributed by atoms with van der Waals surface area (Å²) in [6, 6.07) is 0. The number of carboxylic acid groups (broad SMARTS) is 1. The molecule has 194 valence electrons. The Bertz CT molecular complexity index is 1230. The van der Waals surface area contributed by atoms with E-state index in [9.17, 15) is 24.6 Å². The maximum absolute atomic E-state index is 15.7. The molecule has 3 fully saturated rings. The molecule has 1 heterocycles. The fraction of sp³-hybridized carbons (Fsp3) is 0.640. The summed E-state index contributed by atoms with van der Waals surface area (Å²) in [6.07, 6.45) is 1.59. The van der Waals surface area contributed by atoms with Crippen LogP contribution >= 0.6 is 23.1 Å². The smallest absolute Gasteiger partial charge is 0.353 e. The van der Waals surface area contributed by atoms with Gasteiger partial charge >= 0.3 is 11.9 Å². The van der Waals surface area contributed by atoms with Gasteiger partial charge in [0, 0.05) is 16.7 Å². The number of nitrogens with zero attached hydrogens (tertiary/aromatic N) is 2. The van der Waals surface area contributed by atoms with Crippen LogP contribution in [0, 0.1) is 35.5 Å². The summed E-state index contributed by atoms with van der Waals surface area (Å²) in [5, 5.41) is 26.0. The minimum Gasteiger partial charge on any atom is -0.478 e. The molecular weight excluding hydrogens is 511 g/mol. The highest BCUT2D eigenvalue weighted by atomic mass is 35.5. The molecule has 0 saturated heterocycles. The van der Waals surface area contributed by atoms with Crippen LogP contribution in [0.1, 0.15) is 55.4 Å². The molecule has 4 aliphatic rings. The van der Waals surface area contributed by atoms with Gasteiger partial charge in [-0.25, -0.2) is 14.0 Å². The molecule has 1 aromatic rings. The van der Waals surface area contributed by atoms with Gasteiger partial charge in [-0.2, -0.15) is 0 Å². The van der Waals surface area contributed by atoms with Gasteiger partial charge < -0.3 is 14.9 Å². The second-order valence-corrected chi connectivity index (χ2v) is 12.5. The number of halogens is 2. The normalized spacial score (nSPS) is 45.4. The first-order valence-electron chi connectivity index (χ1n) is 12.0. The fourth-order valence-corrected chi connectivity index (χ4v) is 8.88. The Labute approximate surface area is 216 Å². The van der Waals surface area contributed by atoms with E-state index in [2.05, 4.69) is 9.59 Å². The molecule has 11 heteroatoms. The number of carbonyl (C=O) groups is 3. The van der Waals surface area contributed by atoms with Crippen molar-refractivity contribution in [2.24, 2.45) is 28.6 Å². The molecule has 0 aliphatic heterocycles. The summed E-state index contributed by atoms with van der Waals surface area (Å²) < 4.78 is 25.3. The summed E-state index contributed by atoms with van der Waals surface area (Å²) in [6.45, 7) is 6.70. The van der Waals surface area contributed by atoms with Gasteiger partial charge in [-0.05, 0) is 67.3 Å². The minimum atomic E-state index is -1.98. The Morgan fingerprint density at radius 1 is 1.28 bits per heavy atom. The lowest BCUT2D eigenvalue weighted by Crippen LogP contribution is -2.70. The lowest BCUT2D eigenvalue weighted by Gasteiger charge is -2.64. The van der Waals surface area contributed by atoms with Gasteiger partial charge in [0.05, 0.1) is 16.7 Å². The van der Waals surface area contributed by atoms with E-state index in [1.165, 1.54) is 12.2 Å². The highest BCUT2D eigenvalue weighted by molar-refractivity contribution is 7.07. The monoisotopic (exact) mass is 538 g/mol. The second kappa shape index (κ2) is 7.91. The minimum absolute atomic E-state index is 0.0718. The Kier molecular flexibility index (Phi) is 5.60. The number of allylic oxidation sites excluding steroid dienone is 4. The molecule has 1 aromatic heterocycles. The number of rotatable bonds is 3. The number of ether oxygens (including phenoxy) is 1. The largest absolute Gasteiger partial charge is 0.478 e. The first-order chi connectivity index (χ1) is 16.7. The van der Waals surface area contributed by atoms with Crippen LogP contribution < -0.4 is 0 Å². The summed E-state index contributed by atoms with van der Waals surface area (Å²) in [7, 11) is 0. The first kappa shape index (κ1) is 25.5. The molecular formula is C25H28ClFN2O6S. The van der Waals surface area contributed by atoms with Crippen molar-refractivity contribution in [2.75, 3.05) is 0 Å². The van der Waals surface area contributed by atoms with E-state index < -0.39 is 63.3 Å². The number of aromatic nitrogens is 2. The Morgan fingerprint density at radius 3 is 2.58 bits per heavy atom. The average Bonchev–Trinajstić information content (AvgIpc) is 3.32. The van der Waals surface area contributed by atoms with Crippen molar-refractivity contribution in [2.45, 2.75) is 69.7 Å². The number of carboxylic acids is 1. The van der Waals surface area contributed by atoms with E-state index in [0.29, 0.717) is 12.1 Å². The number of esters is 1. The highest BCUT2D eigenvalue weighted by Gasteiger charge is 2.77. The van der Waals surface area contributed by atoms with Crippen molar-refractivity contribution in [3.63, 3.8) is 0 Å². The number of hydrogen-bond acceptors (Lipinski definition) is 8. The summed E-state index contributed by atoms with van der Waals surface area (Å²) >= 11 is 8.14. The van der Waals surface area contributed by atoms with Gasteiger partial charge in [-0.15, -0.1) is 16.7 Å². The zero-order valence-electron chi connectivity index (χ0n) is 20.3. The second-order valence-electron chi connectivity index (χ2n) is 11.1. The van der Waals surface area contributed by atoms with E-state index in [0.717, 1.165) is 11.5 Å². The average molecular weight is 539 g/mol. The van der Waals surface area contributed by atoms with Crippen LogP contribution in [-0.2, 0) is 14.3 Å². The molecule has 0 bridgehead atoms. The van der Waals surface area contributed by atoms with Crippen LogP contribution in [0.25, 0.3) is 0 Å². The summed E-state index contributed by atoms with van der Waals surface area (Å²) in [4.78, 5) is 36.9. The van der Waals surface area contributed by atoms with Crippen LogP contribution in [0.15, 0.2) is 23.8 Å². The molecule has 9 atom stereocenters. The number of carbonyl (C=O) groups excluding carboxylic acids is 2. The molecule has 0 aromatic carbocycles. The molecule has 0 spiro atoms. The van der Waals surface area contributed by atoms with Gasteiger partial charge in [0.25, 0.3) is 0 Å².